The van der Waals surface area contributed by atoms with Crippen molar-refractivity contribution in [2.45, 2.75) is 0 Å². The summed E-state index contributed by atoms with van der Waals surface area (Å²) in [5.41, 5.74) is 3.83. The Hall–Kier alpha value is -2.25. The van der Waals surface area contributed by atoms with E-state index in [1.165, 1.54) is 16.2 Å². The monoisotopic (exact) mass is 403 g/mol. The molecule has 1 N–H and O–H groups in total. The smallest absolute Gasteiger partial charge is 0.254 e. The van der Waals surface area contributed by atoms with Crippen molar-refractivity contribution >= 4 is 55.0 Å². The molecule has 2 aromatic carbocycles. The SMILES string of the molecule is CN(CC(=O)Nc1ccccc1Br)C(=O)c1ccc2ncsc2c1. The number of thiazole rings is 1. The summed E-state index contributed by atoms with van der Waals surface area (Å²) < 4.78 is 1.75. The molecule has 2 amide bonds. The highest BCUT2D eigenvalue weighted by atomic mass is 79.9. The van der Waals surface area contributed by atoms with Gasteiger partial charge in [0.2, 0.25) is 5.91 Å². The number of nitrogens with zero attached hydrogens (tertiary/aromatic N) is 2. The molecule has 0 bridgehead atoms. The lowest BCUT2D eigenvalue weighted by Crippen LogP contribution is -2.34. The second-order valence-electron chi connectivity index (χ2n) is 5.22. The van der Waals surface area contributed by atoms with E-state index in [1.807, 2.05) is 24.3 Å². The molecule has 7 heteroatoms. The van der Waals surface area contributed by atoms with Gasteiger partial charge in [0.05, 0.1) is 28.0 Å². The topological polar surface area (TPSA) is 62.3 Å². The minimum Gasteiger partial charge on any atom is -0.332 e. The Labute approximate surface area is 151 Å². The molecule has 1 heterocycles. The van der Waals surface area contributed by atoms with Gasteiger partial charge in [0, 0.05) is 17.1 Å². The van der Waals surface area contributed by atoms with Crippen LogP contribution in [0.15, 0.2) is 52.4 Å². The number of carbonyl (C=O) groups is 2. The molecule has 1 aromatic heterocycles. The van der Waals surface area contributed by atoms with Gasteiger partial charge < -0.3 is 10.2 Å². The Bertz CT molecular complexity index is 909. The molecule has 3 rings (SSSR count). The number of para-hydroxylation sites is 1. The highest BCUT2D eigenvalue weighted by Gasteiger charge is 2.16. The van der Waals surface area contributed by atoms with Gasteiger partial charge in [-0.1, -0.05) is 12.1 Å². The molecular formula is C17H14BrN3O2S. The van der Waals surface area contributed by atoms with Gasteiger partial charge in [-0.25, -0.2) is 4.98 Å². The molecule has 0 aliphatic carbocycles. The fourth-order valence-electron chi connectivity index (χ4n) is 2.25. The van der Waals surface area contributed by atoms with Crippen LogP contribution in [0, 0.1) is 0 Å². The number of halogens is 1. The maximum Gasteiger partial charge on any atom is 0.254 e. The molecule has 0 saturated heterocycles. The third-order valence-corrected chi connectivity index (χ3v) is 4.94. The predicted molar refractivity (Wildman–Crippen MR) is 99.4 cm³/mol. The average Bonchev–Trinajstić information content (AvgIpc) is 3.03. The summed E-state index contributed by atoms with van der Waals surface area (Å²) in [6.45, 7) is -0.0269. The van der Waals surface area contributed by atoms with Crippen molar-refractivity contribution in [3.05, 3.63) is 58.0 Å². The van der Waals surface area contributed by atoms with E-state index in [2.05, 4.69) is 26.2 Å². The number of benzene rings is 2. The molecule has 0 radical (unpaired) electrons. The van der Waals surface area contributed by atoms with Crippen LogP contribution >= 0.6 is 27.3 Å². The summed E-state index contributed by atoms with van der Waals surface area (Å²) in [6.07, 6.45) is 0. The number of amides is 2. The number of nitrogens with one attached hydrogen (secondary N) is 1. The molecular weight excluding hydrogens is 390 g/mol. The first-order valence-electron chi connectivity index (χ1n) is 7.17. The number of hydrogen-bond donors (Lipinski definition) is 1. The Morgan fingerprint density at radius 1 is 1.25 bits per heavy atom. The van der Waals surface area contributed by atoms with Gasteiger partial charge in [-0.05, 0) is 46.3 Å². The van der Waals surface area contributed by atoms with Crippen LogP contribution in [0.2, 0.25) is 0 Å². The number of aromatic nitrogens is 1. The fourth-order valence-corrected chi connectivity index (χ4v) is 3.35. The summed E-state index contributed by atoms with van der Waals surface area (Å²) in [6, 6.07) is 12.7. The third-order valence-electron chi connectivity index (χ3n) is 3.45. The zero-order valence-electron chi connectivity index (χ0n) is 12.8. The summed E-state index contributed by atoms with van der Waals surface area (Å²) in [4.78, 5) is 30.2. The number of anilines is 1. The highest BCUT2D eigenvalue weighted by molar-refractivity contribution is 9.10. The van der Waals surface area contributed by atoms with Gasteiger partial charge in [0.15, 0.2) is 0 Å². The van der Waals surface area contributed by atoms with E-state index < -0.39 is 0 Å². The molecule has 0 saturated carbocycles. The maximum atomic E-state index is 12.5. The van der Waals surface area contributed by atoms with E-state index in [0.29, 0.717) is 11.3 Å². The van der Waals surface area contributed by atoms with Gasteiger partial charge in [-0.3, -0.25) is 9.59 Å². The number of fused-ring (bicyclic) bond motifs is 1. The Balaban J connectivity index is 1.67. The predicted octanol–water partition coefficient (Wildman–Crippen LogP) is 3.77. The van der Waals surface area contributed by atoms with Crippen LogP contribution in [0.5, 0.6) is 0 Å². The largest absolute Gasteiger partial charge is 0.332 e. The van der Waals surface area contributed by atoms with Crippen LogP contribution in [0.25, 0.3) is 10.2 Å². The van der Waals surface area contributed by atoms with Crippen LogP contribution in [0.1, 0.15) is 10.4 Å². The lowest BCUT2D eigenvalue weighted by molar-refractivity contribution is -0.116. The van der Waals surface area contributed by atoms with Gasteiger partial charge in [0.1, 0.15) is 0 Å². The lowest BCUT2D eigenvalue weighted by atomic mass is 10.2. The third kappa shape index (κ3) is 3.63. The quantitative estimate of drug-likeness (QED) is 0.720. The van der Waals surface area contributed by atoms with Crippen molar-refractivity contribution in [3.63, 3.8) is 0 Å². The summed E-state index contributed by atoms with van der Waals surface area (Å²) in [5.74, 6) is -0.454. The van der Waals surface area contributed by atoms with E-state index in [1.54, 1.807) is 30.8 Å². The van der Waals surface area contributed by atoms with Crippen LogP contribution in [0.3, 0.4) is 0 Å². The van der Waals surface area contributed by atoms with Crippen molar-refractivity contribution in [1.82, 2.24) is 9.88 Å². The standard InChI is InChI=1S/C17H14BrN3O2S/c1-21(9-16(22)20-13-5-3-2-4-12(13)18)17(23)11-6-7-14-15(8-11)24-10-19-14/h2-8,10H,9H2,1H3,(H,20,22). The summed E-state index contributed by atoms with van der Waals surface area (Å²) >= 11 is 4.86. The van der Waals surface area contributed by atoms with Crippen molar-refractivity contribution in [3.8, 4) is 0 Å². The minimum absolute atomic E-state index is 0.0269. The maximum absolute atomic E-state index is 12.5. The van der Waals surface area contributed by atoms with E-state index in [-0.39, 0.29) is 18.4 Å². The van der Waals surface area contributed by atoms with Crippen LogP contribution in [0.4, 0.5) is 5.69 Å². The zero-order chi connectivity index (χ0) is 17.1. The average molecular weight is 404 g/mol. The van der Waals surface area contributed by atoms with E-state index in [0.717, 1.165) is 14.7 Å². The fraction of sp³-hybridized carbons (Fsp3) is 0.118. The highest BCUT2D eigenvalue weighted by Crippen LogP contribution is 2.21. The molecule has 0 aliphatic heterocycles. The molecule has 24 heavy (non-hydrogen) atoms. The molecule has 0 spiro atoms. The van der Waals surface area contributed by atoms with E-state index in [9.17, 15) is 9.59 Å². The molecule has 0 fully saturated rings. The second kappa shape index (κ2) is 7.11. The van der Waals surface area contributed by atoms with Gasteiger partial charge in [-0.2, -0.15) is 0 Å². The number of carbonyl (C=O) groups excluding carboxylic acids is 2. The van der Waals surface area contributed by atoms with E-state index >= 15 is 0 Å². The lowest BCUT2D eigenvalue weighted by Gasteiger charge is -2.17. The van der Waals surface area contributed by atoms with Gasteiger partial charge in [-0.15, -0.1) is 11.3 Å². The van der Waals surface area contributed by atoms with Crippen molar-refractivity contribution in [2.24, 2.45) is 0 Å². The first kappa shape index (κ1) is 16.6. The zero-order valence-corrected chi connectivity index (χ0v) is 15.2. The molecule has 122 valence electrons. The van der Waals surface area contributed by atoms with Crippen molar-refractivity contribution in [2.75, 3.05) is 18.9 Å². The molecule has 0 aliphatic rings. The molecule has 0 unspecified atom stereocenters. The van der Waals surface area contributed by atoms with Gasteiger partial charge in [0.25, 0.3) is 5.91 Å². The number of likely N-dealkylation sites (N-methyl/N-ethyl adjacent to an activating group) is 1. The van der Waals surface area contributed by atoms with Crippen LogP contribution in [-0.4, -0.2) is 35.3 Å². The summed E-state index contributed by atoms with van der Waals surface area (Å²) in [5, 5.41) is 2.79. The number of hydrogen-bond acceptors (Lipinski definition) is 4. The Kier molecular flexibility index (Phi) is 4.92. The molecule has 5 nitrogen and oxygen atoms in total. The minimum atomic E-state index is -0.253. The Morgan fingerprint density at radius 3 is 2.83 bits per heavy atom. The van der Waals surface area contributed by atoms with Crippen molar-refractivity contribution in [1.29, 1.82) is 0 Å². The molecule has 3 aromatic rings. The first-order chi connectivity index (χ1) is 11.5. The Morgan fingerprint density at radius 2 is 2.04 bits per heavy atom. The van der Waals surface area contributed by atoms with Crippen LogP contribution < -0.4 is 5.32 Å². The summed E-state index contributed by atoms with van der Waals surface area (Å²) in [7, 11) is 1.61. The first-order valence-corrected chi connectivity index (χ1v) is 8.85. The van der Waals surface area contributed by atoms with Crippen LogP contribution in [-0.2, 0) is 4.79 Å². The second-order valence-corrected chi connectivity index (χ2v) is 6.96. The molecule has 0 atom stereocenters. The normalized spacial score (nSPS) is 10.6. The van der Waals surface area contributed by atoms with Crippen molar-refractivity contribution < 1.29 is 9.59 Å². The van der Waals surface area contributed by atoms with Gasteiger partial charge >= 0.3 is 0 Å². The van der Waals surface area contributed by atoms with E-state index in [4.69, 9.17) is 0 Å². The number of rotatable bonds is 4.